The number of ether oxygens (including phenoxy) is 1. The lowest BCUT2D eigenvalue weighted by Gasteiger charge is -2.09. The fourth-order valence-corrected chi connectivity index (χ4v) is 1.12. The second-order valence-electron chi connectivity index (χ2n) is 3.23. The highest BCUT2D eigenvalue weighted by atomic mass is 16.6. The molecule has 9 heavy (non-hydrogen) atoms. The Labute approximate surface area is 55.8 Å². The van der Waals surface area contributed by atoms with Crippen LogP contribution in [0.25, 0.3) is 0 Å². The van der Waals surface area contributed by atoms with Crippen LogP contribution in [0.3, 0.4) is 0 Å². The minimum Gasteiger partial charge on any atom is -0.393 e. The molecule has 1 N–H and O–H groups in total. The molecular weight excluding hydrogens is 116 g/mol. The molecule has 0 aromatic heterocycles. The predicted octanol–water partition coefficient (Wildman–Crippen LogP) is 0.794. The normalized spacial score (nSPS) is 33.3. The molecule has 0 aromatic rings. The van der Waals surface area contributed by atoms with E-state index in [1.165, 1.54) is 0 Å². The van der Waals surface area contributed by atoms with Gasteiger partial charge in [-0.15, -0.1) is 0 Å². The van der Waals surface area contributed by atoms with E-state index < -0.39 is 0 Å². The van der Waals surface area contributed by atoms with Crippen LogP contribution in [0.4, 0.5) is 0 Å². The van der Waals surface area contributed by atoms with Crippen LogP contribution in [0, 0.1) is 5.92 Å². The molecule has 0 aromatic carbocycles. The van der Waals surface area contributed by atoms with Gasteiger partial charge < -0.3 is 9.84 Å². The molecular formula is C7H14O2. The van der Waals surface area contributed by atoms with E-state index in [0.717, 1.165) is 13.0 Å². The van der Waals surface area contributed by atoms with E-state index in [4.69, 9.17) is 9.84 Å². The van der Waals surface area contributed by atoms with Gasteiger partial charge in [0.15, 0.2) is 0 Å². The van der Waals surface area contributed by atoms with Crippen molar-refractivity contribution < 1.29 is 9.84 Å². The maximum absolute atomic E-state index is 8.78. The molecule has 1 aliphatic rings. The molecule has 2 heteroatoms. The molecule has 1 fully saturated rings. The van der Waals surface area contributed by atoms with Gasteiger partial charge in [0, 0.05) is 0 Å². The number of epoxide rings is 1. The SMILES string of the molecule is CC(C)C[C@@]1(CO)CO1. The molecule has 1 saturated heterocycles. The number of hydrogen-bond acceptors (Lipinski definition) is 2. The molecule has 0 spiro atoms. The summed E-state index contributed by atoms with van der Waals surface area (Å²) in [7, 11) is 0. The molecule has 0 saturated carbocycles. The highest BCUT2D eigenvalue weighted by molar-refractivity contribution is 4.91. The van der Waals surface area contributed by atoms with E-state index >= 15 is 0 Å². The van der Waals surface area contributed by atoms with Gasteiger partial charge in [0.25, 0.3) is 0 Å². The zero-order valence-corrected chi connectivity index (χ0v) is 6.05. The minimum atomic E-state index is -0.131. The molecule has 2 nitrogen and oxygen atoms in total. The van der Waals surface area contributed by atoms with E-state index in [1.54, 1.807) is 0 Å². The second-order valence-corrected chi connectivity index (χ2v) is 3.23. The van der Waals surface area contributed by atoms with Gasteiger partial charge in [-0.2, -0.15) is 0 Å². The van der Waals surface area contributed by atoms with Gasteiger partial charge in [-0.3, -0.25) is 0 Å². The van der Waals surface area contributed by atoms with Crippen LogP contribution in [0.5, 0.6) is 0 Å². The van der Waals surface area contributed by atoms with Crippen molar-refractivity contribution in [3.63, 3.8) is 0 Å². The number of aliphatic hydroxyl groups is 1. The van der Waals surface area contributed by atoms with Crippen LogP contribution in [0.15, 0.2) is 0 Å². The van der Waals surface area contributed by atoms with Crippen molar-refractivity contribution in [3.05, 3.63) is 0 Å². The Morgan fingerprint density at radius 2 is 2.22 bits per heavy atom. The summed E-state index contributed by atoms with van der Waals surface area (Å²) >= 11 is 0. The maximum Gasteiger partial charge on any atom is 0.115 e. The van der Waals surface area contributed by atoms with Crippen molar-refractivity contribution in [3.8, 4) is 0 Å². The third-order valence-corrected chi connectivity index (χ3v) is 1.62. The summed E-state index contributed by atoms with van der Waals surface area (Å²) in [4.78, 5) is 0. The van der Waals surface area contributed by atoms with Crippen molar-refractivity contribution in [1.29, 1.82) is 0 Å². The maximum atomic E-state index is 8.78. The van der Waals surface area contributed by atoms with Gasteiger partial charge in [-0.25, -0.2) is 0 Å². The highest BCUT2D eigenvalue weighted by Gasteiger charge is 2.44. The van der Waals surface area contributed by atoms with Crippen molar-refractivity contribution >= 4 is 0 Å². The molecule has 0 bridgehead atoms. The first kappa shape index (κ1) is 7.03. The van der Waals surface area contributed by atoms with Crippen LogP contribution in [-0.2, 0) is 4.74 Å². The monoisotopic (exact) mass is 130 g/mol. The lowest BCUT2D eigenvalue weighted by molar-refractivity contribution is 0.152. The zero-order chi connectivity index (χ0) is 6.91. The first-order valence-corrected chi connectivity index (χ1v) is 3.43. The summed E-state index contributed by atoms with van der Waals surface area (Å²) in [5.41, 5.74) is -0.131. The summed E-state index contributed by atoms with van der Waals surface area (Å²) in [6, 6.07) is 0. The molecule has 0 amide bonds. The summed E-state index contributed by atoms with van der Waals surface area (Å²) in [6.45, 7) is 5.21. The Hall–Kier alpha value is -0.0800. The van der Waals surface area contributed by atoms with Crippen LogP contribution in [0.2, 0.25) is 0 Å². The molecule has 1 atom stereocenters. The van der Waals surface area contributed by atoms with Gasteiger partial charge in [-0.1, -0.05) is 13.8 Å². The molecule has 1 rings (SSSR count). The Kier molecular flexibility index (Phi) is 1.78. The van der Waals surface area contributed by atoms with Gasteiger partial charge in [-0.05, 0) is 12.3 Å². The minimum absolute atomic E-state index is 0.131. The zero-order valence-electron chi connectivity index (χ0n) is 6.05. The third kappa shape index (κ3) is 1.66. The van der Waals surface area contributed by atoms with Crippen molar-refractivity contribution in [2.75, 3.05) is 13.2 Å². The van der Waals surface area contributed by atoms with E-state index in [1.807, 2.05) is 0 Å². The van der Waals surface area contributed by atoms with E-state index in [9.17, 15) is 0 Å². The summed E-state index contributed by atoms with van der Waals surface area (Å²) in [5.74, 6) is 0.625. The molecule has 1 heterocycles. The van der Waals surface area contributed by atoms with Crippen LogP contribution in [-0.4, -0.2) is 23.9 Å². The van der Waals surface area contributed by atoms with Crippen LogP contribution in [0.1, 0.15) is 20.3 Å². The first-order chi connectivity index (χ1) is 4.18. The summed E-state index contributed by atoms with van der Waals surface area (Å²) in [6.07, 6.45) is 0.990. The molecule has 0 radical (unpaired) electrons. The van der Waals surface area contributed by atoms with E-state index in [2.05, 4.69) is 13.8 Å². The molecule has 0 unspecified atom stereocenters. The lowest BCUT2D eigenvalue weighted by atomic mass is 9.99. The van der Waals surface area contributed by atoms with E-state index in [0.29, 0.717) is 5.92 Å². The Bertz CT molecular complexity index is 95.1. The number of hydrogen-bond donors (Lipinski definition) is 1. The topological polar surface area (TPSA) is 32.8 Å². The summed E-state index contributed by atoms with van der Waals surface area (Å²) in [5, 5.41) is 8.78. The van der Waals surface area contributed by atoms with Gasteiger partial charge in [0.1, 0.15) is 5.60 Å². The van der Waals surface area contributed by atoms with Gasteiger partial charge in [0.05, 0.1) is 13.2 Å². The molecule has 54 valence electrons. The first-order valence-electron chi connectivity index (χ1n) is 3.43. The quantitative estimate of drug-likeness (QED) is 0.573. The number of aliphatic hydroxyl groups excluding tert-OH is 1. The Balaban J connectivity index is 2.25. The fraction of sp³-hybridized carbons (Fsp3) is 1.00. The average molecular weight is 130 g/mol. The van der Waals surface area contributed by atoms with Crippen LogP contribution < -0.4 is 0 Å². The van der Waals surface area contributed by atoms with Crippen molar-refractivity contribution in [1.82, 2.24) is 0 Å². The largest absolute Gasteiger partial charge is 0.393 e. The van der Waals surface area contributed by atoms with Gasteiger partial charge >= 0.3 is 0 Å². The highest BCUT2D eigenvalue weighted by Crippen LogP contribution is 2.32. The molecule has 1 aliphatic heterocycles. The lowest BCUT2D eigenvalue weighted by Crippen LogP contribution is -2.18. The smallest absolute Gasteiger partial charge is 0.115 e. The average Bonchev–Trinajstić information content (AvgIpc) is 2.48. The Morgan fingerprint density at radius 1 is 1.67 bits per heavy atom. The Morgan fingerprint density at radius 3 is 2.33 bits per heavy atom. The third-order valence-electron chi connectivity index (χ3n) is 1.62. The summed E-state index contributed by atoms with van der Waals surface area (Å²) < 4.78 is 5.11. The number of rotatable bonds is 3. The fourth-order valence-electron chi connectivity index (χ4n) is 1.12. The standard InChI is InChI=1S/C7H14O2/c1-6(2)3-7(4-8)5-9-7/h6,8H,3-5H2,1-2H3/t7-/m1/s1. The van der Waals surface area contributed by atoms with E-state index in [-0.39, 0.29) is 12.2 Å². The van der Waals surface area contributed by atoms with Crippen LogP contribution >= 0.6 is 0 Å². The van der Waals surface area contributed by atoms with Crippen molar-refractivity contribution in [2.24, 2.45) is 5.92 Å². The van der Waals surface area contributed by atoms with Crippen molar-refractivity contribution in [2.45, 2.75) is 25.9 Å². The second kappa shape index (κ2) is 2.27. The predicted molar refractivity (Wildman–Crippen MR) is 35.2 cm³/mol. The molecule has 0 aliphatic carbocycles. The van der Waals surface area contributed by atoms with Gasteiger partial charge in [0.2, 0.25) is 0 Å².